The lowest BCUT2D eigenvalue weighted by molar-refractivity contribution is -0.132. The van der Waals surface area contributed by atoms with Crippen LogP contribution >= 0.6 is 22.9 Å². The van der Waals surface area contributed by atoms with Crippen molar-refractivity contribution < 1.29 is 14.0 Å². The zero-order valence-electron chi connectivity index (χ0n) is 17.3. The van der Waals surface area contributed by atoms with Crippen molar-refractivity contribution in [2.75, 3.05) is 18.4 Å². The molecule has 8 heteroatoms. The van der Waals surface area contributed by atoms with Gasteiger partial charge < -0.3 is 15.1 Å². The Hall–Kier alpha value is -3.16. The lowest BCUT2D eigenvalue weighted by Crippen LogP contribution is -2.44. The molecule has 0 radical (unpaired) electrons. The highest BCUT2D eigenvalue weighted by molar-refractivity contribution is 7.09. The summed E-state index contributed by atoms with van der Waals surface area (Å²) in [6, 6.07) is 16.2. The number of hydrogen-bond acceptors (Lipinski definition) is 3. The second kappa shape index (κ2) is 11.5. The topological polar surface area (TPSA) is 52.7 Å². The first-order valence-electron chi connectivity index (χ1n) is 9.91. The van der Waals surface area contributed by atoms with Gasteiger partial charge in [0.05, 0.1) is 6.54 Å². The molecule has 0 saturated carbocycles. The van der Waals surface area contributed by atoms with Crippen LogP contribution in [0.4, 0.5) is 14.9 Å². The number of hydrogen-bond donors (Lipinski definition) is 1. The SMILES string of the molecule is C=CCN(CC(=O)N(Cc1ccc(F)cc1)Cc1cccs1)C(=O)Nc1ccc(Cl)cc1. The van der Waals surface area contributed by atoms with E-state index in [1.807, 2.05) is 17.5 Å². The predicted octanol–water partition coefficient (Wildman–Crippen LogP) is 5.79. The van der Waals surface area contributed by atoms with E-state index in [0.717, 1.165) is 10.4 Å². The van der Waals surface area contributed by atoms with Gasteiger partial charge in [-0.15, -0.1) is 17.9 Å². The molecule has 1 aromatic heterocycles. The Bertz CT molecular complexity index is 1040. The number of anilines is 1. The predicted molar refractivity (Wildman–Crippen MR) is 127 cm³/mol. The maximum absolute atomic E-state index is 13.3. The Kier molecular flexibility index (Phi) is 8.41. The monoisotopic (exact) mass is 471 g/mol. The summed E-state index contributed by atoms with van der Waals surface area (Å²) in [5.74, 6) is -0.559. The van der Waals surface area contributed by atoms with Crippen molar-refractivity contribution in [1.29, 1.82) is 0 Å². The van der Waals surface area contributed by atoms with Crippen molar-refractivity contribution in [2.45, 2.75) is 13.1 Å². The third kappa shape index (κ3) is 6.93. The molecule has 5 nitrogen and oxygen atoms in total. The highest BCUT2D eigenvalue weighted by Gasteiger charge is 2.21. The number of rotatable bonds is 9. The number of amides is 3. The van der Waals surface area contributed by atoms with Gasteiger partial charge in [-0.3, -0.25) is 4.79 Å². The van der Waals surface area contributed by atoms with Gasteiger partial charge in [-0.25, -0.2) is 9.18 Å². The summed E-state index contributed by atoms with van der Waals surface area (Å²) >= 11 is 7.44. The van der Waals surface area contributed by atoms with Crippen molar-refractivity contribution in [1.82, 2.24) is 9.80 Å². The first-order valence-corrected chi connectivity index (χ1v) is 11.2. The van der Waals surface area contributed by atoms with E-state index in [1.54, 1.807) is 58.7 Å². The van der Waals surface area contributed by atoms with Crippen LogP contribution in [0.25, 0.3) is 0 Å². The molecule has 0 aliphatic carbocycles. The summed E-state index contributed by atoms with van der Waals surface area (Å²) in [5.41, 5.74) is 1.37. The van der Waals surface area contributed by atoms with Crippen LogP contribution in [-0.4, -0.2) is 34.8 Å². The molecule has 166 valence electrons. The molecule has 32 heavy (non-hydrogen) atoms. The average Bonchev–Trinajstić information content (AvgIpc) is 3.29. The number of benzene rings is 2. The van der Waals surface area contributed by atoms with Gasteiger partial charge in [-0.05, 0) is 53.4 Å². The van der Waals surface area contributed by atoms with Gasteiger partial charge in [-0.1, -0.05) is 35.9 Å². The standard InChI is InChI=1S/C24H23ClFN3O2S/c1-2-13-28(24(31)27-21-11-7-19(25)8-12-21)17-23(30)29(16-22-4-3-14-32-22)15-18-5-9-20(26)10-6-18/h2-12,14H,1,13,15-17H2,(H,27,31). The molecule has 3 aromatic rings. The Morgan fingerprint density at radius 3 is 2.38 bits per heavy atom. The van der Waals surface area contributed by atoms with Gasteiger partial charge in [-0.2, -0.15) is 0 Å². The van der Waals surface area contributed by atoms with Crippen molar-refractivity contribution in [3.05, 3.63) is 100.0 Å². The normalized spacial score (nSPS) is 10.4. The molecule has 2 aromatic carbocycles. The maximum Gasteiger partial charge on any atom is 0.322 e. The fraction of sp³-hybridized carbons (Fsp3) is 0.167. The third-order valence-electron chi connectivity index (χ3n) is 4.62. The van der Waals surface area contributed by atoms with Crippen LogP contribution in [0, 0.1) is 5.82 Å². The molecule has 1 heterocycles. The van der Waals surface area contributed by atoms with E-state index in [1.165, 1.54) is 17.0 Å². The molecule has 3 rings (SSSR count). The van der Waals surface area contributed by atoms with Crippen LogP contribution in [0.3, 0.4) is 0 Å². The molecule has 0 fully saturated rings. The van der Waals surface area contributed by atoms with Gasteiger partial charge in [0.15, 0.2) is 0 Å². The lowest BCUT2D eigenvalue weighted by atomic mass is 10.2. The first-order chi connectivity index (χ1) is 15.4. The van der Waals surface area contributed by atoms with E-state index in [-0.39, 0.29) is 24.8 Å². The van der Waals surface area contributed by atoms with Crippen LogP contribution < -0.4 is 5.32 Å². The molecule has 3 amide bonds. The summed E-state index contributed by atoms with van der Waals surface area (Å²) in [6.07, 6.45) is 1.57. The molecule has 0 aliphatic rings. The zero-order chi connectivity index (χ0) is 22.9. The number of halogens is 2. The van der Waals surface area contributed by atoms with Gasteiger partial charge in [0, 0.05) is 28.7 Å². The van der Waals surface area contributed by atoms with E-state index in [0.29, 0.717) is 23.8 Å². The molecular weight excluding hydrogens is 449 g/mol. The van der Waals surface area contributed by atoms with Crippen LogP contribution in [-0.2, 0) is 17.9 Å². The summed E-state index contributed by atoms with van der Waals surface area (Å²) in [4.78, 5) is 30.1. The summed E-state index contributed by atoms with van der Waals surface area (Å²) < 4.78 is 13.3. The van der Waals surface area contributed by atoms with E-state index in [4.69, 9.17) is 11.6 Å². The number of nitrogens with zero attached hydrogens (tertiary/aromatic N) is 2. The smallest absolute Gasteiger partial charge is 0.322 e. The molecule has 1 N–H and O–H groups in total. The minimum Gasteiger partial charge on any atom is -0.332 e. The van der Waals surface area contributed by atoms with Crippen LogP contribution in [0.15, 0.2) is 78.7 Å². The second-order valence-electron chi connectivity index (χ2n) is 7.06. The highest BCUT2D eigenvalue weighted by Crippen LogP contribution is 2.17. The third-order valence-corrected chi connectivity index (χ3v) is 5.74. The number of carbonyl (C=O) groups is 2. The van der Waals surface area contributed by atoms with Crippen molar-refractivity contribution in [3.63, 3.8) is 0 Å². The van der Waals surface area contributed by atoms with Crippen molar-refractivity contribution in [2.24, 2.45) is 0 Å². The summed E-state index contributed by atoms with van der Waals surface area (Å²) in [6.45, 7) is 4.47. The largest absolute Gasteiger partial charge is 0.332 e. The van der Waals surface area contributed by atoms with Crippen LogP contribution in [0.5, 0.6) is 0 Å². The van der Waals surface area contributed by atoms with Crippen molar-refractivity contribution in [3.8, 4) is 0 Å². The molecular formula is C24H23ClFN3O2S. The van der Waals surface area contributed by atoms with Crippen molar-refractivity contribution >= 4 is 40.6 Å². The van der Waals surface area contributed by atoms with Gasteiger partial charge in [0.25, 0.3) is 0 Å². The summed E-state index contributed by atoms with van der Waals surface area (Å²) in [7, 11) is 0. The minimum atomic E-state index is -0.418. The second-order valence-corrected chi connectivity index (χ2v) is 8.53. The van der Waals surface area contributed by atoms with Gasteiger partial charge in [0.2, 0.25) is 5.91 Å². The number of thiophene rings is 1. The molecule has 0 atom stereocenters. The van der Waals surface area contributed by atoms with Gasteiger partial charge >= 0.3 is 6.03 Å². The van der Waals surface area contributed by atoms with E-state index in [2.05, 4.69) is 11.9 Å². The molecule has 0 saturated heterocycles. The van der Waals surface area contributed by atoms with E-state index >= 15 is 0 Å². The lowest BCUT2D eigenvalue weighted by Gasteiger charge is -2.27. The Labute approximate surface area is 195 Å². The van der Waals surface area contributed by atoms with Crippen LogP contribution in [0.1, 0.15) is 10.4 Å². The quantitative estimate of drug-likeness (QED) is 0.401. The molecule has 0 bridgehead atoms. The number of nitrogens with one attached hydrogen (secondary N) is 1. The Morgan fingerprint density at radius 1 is 1.03 bits per heavy atom. The Balaban J connectivity index is 1.72. The first kappa shape index (κ1) is 23.5. The fourth-order valence-electron chi connectivity index (χ4n) is 3.01. The van der Waals surface area contributed by atoms with E-state index in [9.17, 15) is 14.0 Å². The van der Waals surface area contributed by atoms with Gasteiger partial charge in [0.1, 0.15) is 12.4 Å². The number of carbonyl (C=O) groups excluding carboxylic acids is 2. The Morgan fingerprint density at radius 2 is 1.75 bits per heavy atom. The number of urea groups is 1. The maximum atomic E-state index is 13.3. The minimum absolute atomic E-state index is 0.127. The summed E-state index contributed by atoms with van der Waals surface area (Å²) in [5, 5.41) is 5.28. The fourth-order valence-corrected chi connectivity index (χ4v) is 3.85. The zero-order valence-corrected chi connectivity index (χ0v) is 18.9. The van der Waals surface area contributed by atoms with E-state index < -0.39 is 6.03 Å². The highest BCUT2D eigenvalue weighted by atomic mass is 35.5. The van der Waals surface area contributed by atoms with Crippen LogP contribution in [0.2, 0.25) is 5.02 Å². The molecule has 0 unspecified atom stereocenters. The average molecular weight is 472 g/mol. The molecule has 0 aliphatic heterocycles. The molecule has 0 spiro atoms.